The van der Waals surface area contributed by atoms with Gasteiger partial charge in [-0.05, 0) is 49.6 Å². The van der Waals surface area contributed by atoms with Crippen LogP contribution in [0.15, 0.2) is 36.5 Å². The van der Waals surface area contributed by atoms with Crippen molar-refractivity contribution in [3.8, 4) is 0 Å². The smallest absolute Gasteiger partial charge is 0.241 e. The molecule has 5 rings (SSSR count). The van der Waals surface area contributed by atoms with Gasteiger partial charge < -0.3 is 15.0 Å². The Morgan fingerprint density at radius 2 is 1.97 bits per heavy atom. The number of nitrogens with one attached hydrogen (secondary N) is 1. The Kier molecular flexibility index (Phi) is 7.63. The van der Waals surface area contributed by atoms with Gasteiger partial charge in [0.25, 0.3) is 0 Å². The first-order chi connectivity index (χ1) is 17.7. The minimum Gasteiger partial charge on any atom is -0.379 e. The number of carbonyl (C=O) groups excluding carboxylic acids is 1. The molecule has 2 fully saturated rings. The van der Waals surface area contributed by atoms with Crippen molar-refractivity contribution in [2.24, 2.45) is 0 Å². The molecule has 1 aromatic heterocycles. The Labute approximate surface area is 220 Å². The zero-order chi connectivity index (χ0) is 26.2. The van der Waals surface area contributed by atoms with Crippen molar-refractivity contribution < 1.29 is 13.9 Å². The average Bonchev–Trinajstić information content (AvgIpc) is 3.14. The van der Waals surface area contributed by atoms with Crippen LogP contribution in [-0.4, -0.2) is 91.3 Å². The van der Waals surface area contributed by atoms with Crippen molar-refractivity contribution in [3.63, 3.8) is 0 Å². The second-order valence-electron chi connectivity index (χ2n) is 11.7. The van der Waals surface area contributed by atoms with E-state index in [1.165, 1.54) is 12.1 Å². The summed E-state index contributed by atoms with van der Waals surface area (Å²) in [4.78, 5) is 25.4. The van der Waals surface area contributed by atoms with Crippen LogP contribution >= 0.6 is 0 Å². The Balaban J connectivity index is 1.33. The van der Waals surface area contributed by atoms with Crippen LogP contribution in [0.25, 0.3) is 0 Å². The maximum absolute atomic E-state index is 13.8. The molecule has 0 aliphatic carbocycles. The summed E-state index contributed by atoms with van der Waals surface area (Å²) >= 11 is 0. The summed E-state index contributed by atoms with van der Waals surface area (Å²) in [6.07, 6.45) is 2.55. The number of carbonyl (C=O) groups is 1. The maximum Gasteiger partial charge on any atom is 0.241 e. The lowest BCUT2D eigenvalue weighted by Gasteiger charge is -2.43. The van der Waals surface area contributed by atoms with E-state index in [9.17, 15) is 9.18 Å². The molecule has 3 aliphatic rings. The van der Waals surface area contributed by atoms with E-state index in [1.54, 1.807) is 12.1 Å². The SMILES string of the molecule is C[C@H]1CN(CC(=O)N2CC(C)(C)c3ncc(Cc4ccc(F)cc4)cc32)[C@H](CN2CCOC[C@@H]2C)CN1. The molecule has 0 spiro atoms. The molecule has 2 saturated heterocycles. The monoisotopic (exact) mass is 509 g/mol. The minimum absolute atomic E-state index is 0.127. The highest BCUT2D eigenvalue weighted by Crippen LogP contribution is 2.39. The molecular formula is C29H40FN5O2. The van der Waals surface area contributed by atoms with Gasteiger partial charge in [-0.1, -0.05) is 26.0 Å². The molecule has 37 heavy (non-hydrogen) atoms. The van der Waals surface area contributed by atoms with Crippen LogP contribution in [0.2, 0.25) is 0 Å². The number of nitrogens with zero attached hydrogens (tertiary/aromatic N) is 4. The number of aromatic nitrogens is 1. The summed E-state index contributed by atoms with van der Waals surface area (Å²) in [5.41, 5.74) is 3.72. The Bertz CT molecular complexity index is 1110. The highest BCUT2D eigenvalue weighted by molar-refractivity contribution is 5.97. The number of halogens is 1. The maximum atomic E-state index is 13.8. The van der Waals surface area contributed by atoms with Gasteiger partial charge in [0.1, 0.15) is 5.82 Å². The van der Waals surface area contributed by atoms with E-state index in [1.807, 2.05) is 11.1 Å². The van der Waals surface area contributed by atoms with Crippen LogP contribution in [-0.2, 0) is 21.4 Å². The lowest BCUT2D eigenvalue weighted by molar-refractivity contribution is -0.121. The summed E-state index contributed by atoms with van der Waals surface area (Å²) in [6.45, 7) is 14.9. The van der Waals surface area contributed by atoms with Gasteiger partial charge in [-0.25, -0.2) is 4.39 Å². The Hall–Kier alpha value is -2.39. The number of benzene rings is 1. The first kappa shape index (κ1) is 26.2. The fraction of sp³-hybridized carbons (Fsp3) is 0.586. The number of hydrogen-bond donors (Lipinski definition) is 1. The number of amides is 1. The lowest BCUT2D eigenvalue weighted by Crippen LogP contribution is -2.62. The number of ether oxygens (including phenoxy) is 1. The summed E-state index contributed by atoms with van der Waals surface area (Å²) in [6, 6.07) is 9.69. The van der Waals surface area contributed by atoms with Crippen molar-refractivity contribution in [2.75, 3.05) is 57.4 Å². The topological polar surface area (TPSA) is 60.9 Å². The Morgan fingerprint density at radius 3 is 2.73 bits per heavy atom. The second-order valence-corrected chi connectivity index (χ2v) is 11.7. The van der Waals surface area contributed by atoms with E-state index in [2.05, 4.69) is 48.9 Å². The van der Waals surface area contributed by atoms with Crippen molar-refractivity contribution in [1.29, 1.82) is 0 Å². The molecule has 200 valence electrons. The molecule has 7 nitrogen and oxygen atoms in total. The van der Waals surface area contributed by atoms with E-state index in [0.29, 0.717) is 31.6 Å². The molecule has 1 amide bonds. The molecular weight excluding hydrogens is 469 g/mol. The molecule has 0 saturated carbocycles. The third kappa shape index (κ3) is 5.87. The van der Waals surface area contributed by atoms with E-state index in [0.717, 1.165) is 61.9 Å². The number of hydrogen-bond acceptors (Lipinski definition) is 6. The van der Waals surface area contributed by atoms with Gasteiger partial charge in [0.2, 0.25) is 5.91 Å². The molecule has 4 heterocycles. The fourth-order valence-corrected chi connectivity index (χ4v) is 5.90. The number of fused-ring (bicyclic) bond motifs is 1. The summed E-state index contributed by atoms with van der Waals surface area (Å²) < 4.78 is 19.0. The van der Waals surface area contributed by atoms with Gasteiger partial charge in [0, 0.05) is 62.5 Å². The number of pyridine rings is 1. The quantitative estimate of drug-likeness (QED) is 0.646. The van der Waals surface area contributed by atoms with Gasteiger partial charge in [-0.15, -0.1) is 0 Å². The van der Waals surface area contributed by atoms with Gasteiger partial charge >= 0.3 is 0 Å². The summed E-state index contributed by atoms with van der Waals surface area (Å²) in [5.74, 6) is -0.111. The Morgan fingerprint density at radius 1 is 1.19 bits per heavy atom. The first-order valence-corrected chi connectivity index (χ1v) is 13.5. The zero-order valence-electron chi connectivity index (χ0n) is 22.5. The molecule has 8 heteroatoms. The third-order valence-electron chi connectivity index (χ3n) is 8.05. The molecule has 0 radical (unpaired) electrons. The lowest BCUT2D eigenvalue weighted by atomic mass is 9.91. The van der Waals surface area contributed by atoms with Crippen LogP contribution in [0.1, 0.15) is 44.5 Å². The highest BCUT2D eigenvalue weighted by Gasteiger charge is 2.41. The van der Waals surface area contributed by atoms with Crippen molar-refractivity contribution >= 4 is 11.6 Å². The number of morpholine rings is 1. The first-order valence-electron chi connectivity index (χ1n) is 13.5. The molecule has 0 bridgehead atoms. The highest BCUT2D eigenvalue weighted by atomic mass is 19.1. The molecule has 3 aliphatic heterocycles. The third-order valence-corrected chi connectivity index (χ3v) is 8.05. The van der Waals surface area contributed by atoms with Crippen LogP contribution < -0.4 is 10.2 Å². The van der Waals surface area contributed by atoms with E-state index >= 15 is 0 Å². The molecule has 3 atom stereocenters. The normalized spacial score (nSPS) is 26.3. The van der Waals surface area contributed by atoms with Crippen molar-refractivity contribution in [3.05, 3.63) is 59.2 Å². The largest absolute Gasteiger partial charge is 0.379 e. The van der Waals surface area contributed by atoms with E-state index < -0.39 is 0 Å². The fourth-order valence-electron chi connectivity index (χ4n) is 5.90. The predicted octanol–water partition coefficient (Wildman–Crippen LogP) is 2.82. The van der Waals surface area contributed by atoms with Gasteiger partial charge in [-0.3, -0.25) is 19.6 Å². The summed E-state index contributed by atoms with van der Waals surface area (Å²) in [7, 11) is 0. The predicted molar refractivity (Wildman–Crippen MR) is 144 cm³/mol. The van der Waals surface area contributed by atoms with Crippen molar-refractivity contribution in [1.82, 2.24) is 20.1 Å². The summed E-state index contributed by atoms with van der Waals surface area (Å²) in [5, 5.41) is 3.61. The van der Waals surface area contributed by atoms with Crippen LogP contribution in [0.3, 0.4) is 0 Å². The zero-order valence-corrected chi connectivity index (χ0v) is 22.5. The molecule has 1 aromatic carbocycles. The van der Waals surface area contributed by atoms with Gasteiger partial charge in [0.05, 0.1) is 31.1 Å². The van der Waals surface area contributed by atoms with Crippen LogP contribution in [0.4, 0.5) is 10.1 Å². The van der Waals surface area contributed by atoms with Gasteiger partial charge in [-0.2, -0.15) is 0 Å². The molecule has 1 N–H and O–H groups in total. The van der Waals surface area contributed by atoms with E-state index in [-0.39, 0.29) is 23.2 Å². The average molecular weight is 510 g/mol. The molecule has 2 aromatic rings. The van der Waals surface area contributed by atoms with Crippen LogP contribution in [0, 0.1) is 5.82 Å². The minimum atomic E-state index is -0.238. The molecule has 0 unspecified atom stereocenters. The standard InChI is InChI=1S/C29H40FN5O2/c1-20-15-34(25(14-31-20)16-33-9-10-37-18-21(33)2)17-27(36)35-19-29(3,4)28-26(35)12-23(13-32-28)11-22-5-7-24(30)8-6-22/h5-8,12-13,20-21,25,31H,9-11,14-19H2,1-4H3/t20-,21-,25-/m0/s1. The van der Waals surface area contributed by atoms with Crippen LogP contribution in [0.5, 0.6) is 0 Å². The number of rotatable bonds is 6. The second kappa shape index (κ2) is 10.8. The van der Waals surface area contributed by atoms with E-state index in [4.69, 9.17) is 9.72 Å². The number of piperazine rings is 1. The van der Waals surface area contributed by atoms with Gasteiger partial charge in [0.15, 0.2) is 0 Å². The number of anilines is 1. The van der Waals surface area contributed by atoms with Crippen molar-refractivity contribution in [2.45, 2.75) is 57.7 Å².